The van der Waals surface area contributed by atoms with Gasteiger partial charge in [0.2, 0.25) is 11.0 Å². The molecule has 0 spiro atoms. The highest BCUT2D eigenvalue weighted by Gasteiger charge is 2.31. The number of methoxy groups -OCH3 is 2. The minimum absolute atomic E-state index is 0.159. The molecule has 8 nitrogen and oxygen atoms in total. The van der Waals surface area contributed by atoms with Crippen LogP contribution in [0, 0.1) is 5.92 Å². The average molecular weight is 507 g/mol. The topological polar surface area (TPSA) is 93.6 Å². The summed E-state index contributed by atoms with van der Waals surface area (Å²) in [6.45, 7) is 4.59. The van der Waals surface area contributed by atoms with Crippen LogP contribution in [0.4, 0.5) is 5.13 Å². The molecule has 1 aliphatic rings. The molecule has 0 bridgehead atoms. The third kappa shape index (κ3) is 6.75. The lowest BCUT2D eigenvalue weighted by atomic mass is 10.1. The molecule has 0 unspecified atom stereocenters. The molecule has 1 aromatic carbocycles. The van der Waals surface area contributed by atoms with Crippen molar-refractivity contribution >= 4 is 62.7 Å². The second-order valence-corrected chi connectivity index (χ2v) is 10.4. The number of rotatable bonds is 10. The van der Waals surface area contributed by atoms with Gasteiger partial charge in [0.1, 0.15) is 9.33 Å². The standard InChI is InChI=1S/C22H26N4O4S3/c1-13(2)10-19-24-25-21(33-19)23-18(27)6-5-9-26-20(28)17(32-22(26)31)12-14-7-8-15(29-3)16(11-14)30-4/h7-8,11-13H,5-6,9-10H2,1-4H3,(H,23,25,27). The quantitative estimate of drug-likeness (QED) is 0.375. The van der Waals surface area contributed by atoms with Crippen molar-refractivity contribution in [1.29, 1.82) is 0 Å². The normalized spacial score (nSPS) is 14.9. The lowest BCUT2D eigenvalue weighted by Gasteiger charge is -2.13. The maximum atomic E-state index is 12.8. The lowest BCUT2D eigenvalue weighted by molar-refractivity contribution is -0.122. The first-order chi connectivity index (χ1) is 15.8. The predicted octanol–water partition coefficient (Wildman–Crippen LogP) is 4.37. The van der Waals surface area contributed by atoms with E-state index in [1.807, 2.05) is 6.07 Å². The van der Waals surface area contributed by atoms with Crippen molar-refractivity contribution < 1.29 is 19.1 Å². The summed E-state index contributed by atoms with van der Waals surface area (Å²) in [5.41, 5.74) is 0.807. The highest BCUT2D eigenvalue weighted by Crippen LogP contribution is 2.34. The molecule has 2 aromatic rings. The van der Waals surface area contributed by atoms with Crippen molar-refractivity contribution in [1.82, 2.24) is 15.1 Å². The minimum Gasteiger partial charge on any atom is -0.493 e. The average Bonchev–Trinajstić information content (AvgIpc) is 3.31. The number of benzene rings is 1. The second-order valence-electron chi connectivity index (χ2n) is 7.70. The number of nitrogens with one attached hydrogen (secondary N) is 1. The summed E-state index contributed by atoms with van der Waals surface area (Å²) < 4.78 is 11.0. The summed E-state index contributed by atoms with van der Waals surface area (Å²) in [6.07, 6.45) is 3.35. The highest BCUT2D eigenvalue weighted by atomic mass is 32.2. The zero-order chi connectivity index (χ0) is 24.0. The Morgan fingerprint density at radius 2 is 2.00 bits per heavy atom. The summed E-state index contributed by atoms with van der Waals surface area (Å²) in [7, 11) is 3.13. The highest BCUT2D eigenvalue weighted by molar-refractivity contribution is 8.26. The summed E-state index contributed by atoms with van der Waals surface area (Å²) in [5, 5.41) is 12.3. The molecule has 33 heavy (non-hydrogen) atoms. The molecule has 2 heterocycles. The molecule has 1 saturated heterocycles. The number of carbonyl (C=O) groups is 2. The number of aromatic nitrogens is 2. The Labute approximate surface area is 206 Å². The summed E-state index contributed by atoms with van der Waals surface area (Å²) in [5.74, 6) is 1.35. The van der Waals surface area contributed by atoms with E-state index in [9.17, 15) is 9.59 Å². The Morgan fingerprint density at radius 1 is 1.24 bits per heavy atom. The van der Waals surface area contributed by atoms with Gasteiger partial charge in [-0.1, -0.05) is 55.2 Å². The van der Waals surface area contributed by atoms with Crippen molar-refractivity contribution in [3.63, 3.8) is 0 Å². The maximum Gasteiger partial charge on any atom is 0.266 e. The molecule has 1 fully saturated rings. The van der Waals surface area contributed by atoms with Gasteiger partial charge in [-0.3, -0.25) is 14.5 Å². The third-order valence-electron chi connectivity index (χ3n) is 4.66. The Bertz CT molecular complexity index is 1070. The largest absolute Gasteiger partial charge is 0.493 e. The molecule has 2 amide bonds. The fourth-order valence-electron chi connectivity index (χ4n) is 3.10. The van der Waals surface area contributed by atoms with E-state index in [0.717, 1.165) is 17.0 Å². The van der Waals surface area contributed by atoms with E-state index < -0.39 is 0 Å². The molecule has 1 aromatic heterocycles. The van der Waals surface area contributed by atoms with Gasteiger partial charge in [0.25, 0.3) is 5.91 Å². The SMILES string of the molecule is COc1ccc(C=C2SC(=S)N(CCCC(=O)Nc3nnc(CC(C)C)s3)C2=O)cc1OC. The van der Waals surface area contributed by atoms with Gasteiger partial charge in [-0.25, -0.2) is 0 Å². The van der Waals surface area contributed by atoms with Gasteiger partial charge in [-0.2, -0.15) is 0 Å². The molecule has 0 atom stereocenters. The molecular formula is C22H26N4O4S3. The predicted molar refractivity (Wildman–Crippen MR) is 136 cm³/mol. The van der Waals surface area contributed by atoms with Crippen LogP contribution in [-0.2, 0) is 16.0 Å². The number of nitrogens with zero attached hydrogens (tertiary/aromatic N) is 3. The van der Waals surface area contributed by atoms with Crippen LogP contribution in [0.3, 0.4) is 0 Å². The van der Waals surface area contributed by atoms with Crippen LogP contribution in [0.5, 0.6) is 11.5 Å². The zero-order valence-electron chi connectivity index (χ0n) is 18.9. The number of hydrogen-bond donors (Lipinski definition) is 1. The van der Waals surface area contributed by atoms with Gasteiger partial charge in [0.15, 0.2) is 11.5 Å². The molecule has 3 rings (SSSR count). The van der Waals surface area contributed by atoms with E-state index in [2.05, 4.69) is 29.4 Å². The number of thiocarbonyl (C=S) groups is 1. The third-order valence-corrected chi connectivity index (χ3v) is 6.90. The first-order valence-electron chi connectivity index (χ1n) is 10.4. The molecule has 11 heteroatoms. The molecule has 0 aliphatic carbocycles. The van der Waals surface area contributed by atoms with Crippen LogP contribution in [0.15, 0.2) is 23.1 Å². The van der Waals surface area contributed by atoms with Gasteiger partial charge < -0.3 is 14.8 Å². The van der Waals surface area contributed by atoms with E-state index in [0.29, 0.717) is 44.7 Å². The van der Waals surface area contributed by atoms with Crippen molar-refractivity contribution in [3.8, 4) is 11.5 Å². The van der Waals surface area contributed by atoms with Crippen LogP contribution >= 0.6 is 35.3 Å². The van der Waals surface area contributed by atoms with Crippen LogP contribution in [0.2, 0.25) is 0 Å². The van der Waals surface area contributed by atoms with E-state index in [-0.39, 0.29) is 18.2 Å². The van der Waals surface area contributed by atoms with Crippen LogP contribution < -0.4 is 14.8 Å². The number of carbonyl (C=O) groups excluding carboxylic acids is 2. The molecule has 0 saturated carbocycles. The van der Waals surface area contributed by atoms with Crippen LogP contribution in [-0.4, -0.2) is 52.0 Å². The van der Waals surface area contributed by atoms with E-state index in [4.69, 9.17) is 21.7 Å². The summed E-state index contributed by atoms with van der Waals surface area (Å²) in [4.78, 5) is 27.1. The molecule has 1 aliphatic heterocycles. The Kier molecular flexibility index (Phi) is 8.81. The number of ether oxygens (including phenoxy) is 2. The Morgan fingerprint density at radius 3 is 2.70 bits per heavy atom. The number of hydrogen-bond acceptors (Lipinski definition) is 9. The summed E-state index contributed by atoms with van der Waals surface area (Å²) in [6, 6.07) is 5.43. The van der Waals surface area contributed by atoms with Crippen LogP contribution in [0.25, 0.3) is 6.08 Å². The zero-order valence-corrected chi connectivity index (χ0v) is 21.4. The van der Waals surface area contributed by atoms with Gasteiger partial charge >= 0.3 is 0 Å². The molecule has 176 valence electrons. The lowest BCUT2D eigenvalue weighted by Crippen LogP contribution is -2.29. The van der Waals surface area contributed by atoms with Gasteiger partial charge in [0.05, 0.1) is 19.1 Å². The molecule has 1 N–H and O–H groups in total. The van der Waals surface area contributed by atoms with E-state index >= 15 is 0 Å². The van der Waals surface area contributed by atoms with E-state index in [1.54, 1.807) is 32.4 Å². The molecule has 0 radical (unpaired) electrons. The smallest absolute Gasteiger partial charge is 0.266 e. The monoisotopic (exact) mass is 506 g/mol. The number of thioether (sulfide) groups is 1. The van der Waals surface area contributed by atoms with Crippen LogP contribution in [0.1, 0.15) is 37.3 Å². The number of amides is 2. The Hall–Kier alpha value is -2.50. The first-order valence-corrected chi connectivity index (χ1v) is 12.4. The number of anilines is 1. The van der Waals surface area contributed by atoms with Crippen molar-refractivity contribution in [2.45, 2.75) is 33.1 Å². The summed E-state index contributed by atoms with van der Waals surface area (Å²) >= 11 is 8.02. The van der Waals surface area contributed by atoms with Gasteiger partial charge in [-0.15, -0.1) is 10.2 Å². The molecular weight excluding hydrogens is 480 g/mol. The van der Waals surface area contributed by atoms with Gasteiger partial charge in [-0.05, 0) is 36.1 Å². The fourth-order valence-corrected chi connectivity index (χ4v) is 5.38. The van der Waals surface area contributed by atoms with Crippen molar-refractivity contribution in [2.75, 3.05) is 26.1 Å². The fraction of sp³-hybridized carbons (Fsp3) is 0.409. The first kappa shape index (κ1) is 25.1. The van der Waals surface area contributed by atoms with E-state index in [1.165, 1.54) is 28.0 Å². The van der Waals surface area contributed by atoms with Crippen molar-refractivity contribution in [3.05, 3.63) is 33.7 Å². The Balaban J connectivity index is 1.53. The maximum absolute atomic E-state index is 12.8. The van der Waals surface area contributed by atoms with Gasteiger partial charge in [0, 0.05) is 19.4 Å². The second kappa shape index (κ2) is 11.6. The van der Waals surface area contributed by atoms with Crippen molar-refractivity contribution in [2.24, 2.45) is 5.92 Å². The minimum atomic E-state index is -0.164.